The number of aromatic nitrogens is 2. The summed E-state index contributed by atoms with van der Waals surface area (Å²) in [6.45, 7) is 9.96. The fourth-order valence-corrected chi connectivity index (χ4v) is 5.62. The standard InChI is InChI=1S/C31H33N5O3/c1-20-16-25(24-6-9-28-29(18-24)33-22(3)32-28)17-26-19-36(14-15-39-30(20)26)31(38)35-12-10-34(11-13-35)27-7-4-23(5-8-27)21(2)37/h4-9,16-18H,10-15,19H2,1-3H3,(H,32,33). The van der Waals surface area contributed by atoms with Gasteiger partial charge in [0.25, 0.3) is 0 Å². The quantitative estimate of drug-likeness (QED) is 0.374. The van der Waals surface area contributed by atoms with Crippen molar-refractivity contribution in [3.63, 3.8) is 0 Å². The van der Waals surface area contributed by atoms with Gasteiger partial charge in [-0.15, -0.1) is 0 Å². The van der Waals surface area contributed by atoms with E-state index in [1.165, 1.54) is 0 Å². The number of imidazole rings is 1. The van der Waals surface area contributed by atoms with Gasteiger partial charge in [-0.1, -0.05) is 6.07 Å². The molecule has 2 amide bonds. The molecule has 1 N–H and O–H groups in total. The largest absolute Gasteiger partial charge is 0.491 e. The fourth-order valence-electron chi connectivity index (χ4n) is 5.62. The highest BCUT2D eigenvalue weighted by molar-refractivity contribution is 5.94. The minimum Gasteiger partial charge on any atom is -0.491 e. The molecular formula is C31H33N5O3. The topological polar surface area (TPSA) is 81.8 Å². The van der Waals surface area contributed by atoms with Crippen molar-refractivity contribution in [3.05, 3.63) is 77.1 Å². The number of fused-ring (bicyclic) bond motifs is 2. The molecule has 0 bridgehead atoms. The molecule has 0 aliphatic carbocycles. The highest BCUT2D eigenvalue weighted by Crippen LogP contribution is 2.34. The molecule has 1 aromatic heterocycles. The fraction of sp³-hybridized carbons (Fsp3) is 0.323. The Morgan fingerprint density at radius 1 is 0.872 bits per heavy atom. The second-order valence-electron chi connectivity index (χ2n) is 10.5. The van der Waals surface area contributed by atoms with Crippen LogP contribution in [-0.2, 0) is 6.54 Å². The lowest BCUT2D eigenvalue weighted by Gasteiger charge is -2.38. The van der Waals surface area contributed by atoms with Crippen molar-refractivity contribution in [1.29, 1.82) is 0 Å². The van der Waals surface area contributed by atoms with Crippen LogP contribution in [0.15, 0.2) is 54.6 Å². The van der Waals surface area contributed by atoms with E-state index in [0.717, 1.165) is 63.6 Å². The van der Waals surface area contributed by atoms with Crippen LogP contribution >= 0.6 is 0 Å². The van der Waals surface area contributed by atoms with Gasteiger partial charge in [0.15, 0.2) is 5.78 Å². The highest BCUT2D eigenvalue weighted by Gasteiger charge is 2.28. The Bertz CT molecular complexity index is 1550. The molecule has 1 saturated heterocycles. The van der Waals surface area contributed by atoms with Crippen LogP contribution in [0.1, 0.15) is 34.2 Å². The zero-order chi connectivity index (χ0) is 27.1. The summed E-state index contributed by atoms with van der Waals surface area (Å²) in [5, 5.41) is 0. The van der Waals surface area contributed by atoms with Gasteiger partial charge in [-0.2, -0.15) is 0 Å². The maximum Gasteiger partial charge on any atom is 0.320 e. The van der Waals surface area contributed by atoms with E-state index in [2.05, 4.69) is 46.1 Å². The number of aryl methyl sites for hydroxylation is 2. The molecule has 0 radical (unpaired) electrons. The average molecular weight is 524 g/mol. The van der Waals surface area contributed by atoms with Gasteiger partial charge in [-0.3, -0.25) is 4.79 Å². The number of amides is 2. The predicted octanol–water partition coefficient (Wildman–Crippen LogP) is 5.19. The van der Waals surface area contributed by atoms with Crippen molar-refractivity contribution in [1.82, 2.24) is 19.8 Å². The Morgan fingerprint density at radius 2 is 1.64 bits per heavy atom. The van der Waals surface area contributed by atoms with Gasteiger partial charge in [0.05, 0.1) is 24.1 Å². The Morgan fingerprint density at radius 3 is 2.38 bits per heavy atom. The number of aromatic amines is 1. The van der Waals surface area contributed by atoms with Crippen LogP contribution in [0.25, 0.3) is 22.2 Å². The Labute approximate surface area is 228 Å². The van der Waals surface area contributed by atoms with Crippen LogP contribution < -0.4 is 9.64 Å². The first-order valence-electron chi connectivity index (χ1n) is 13.5. The van der Waals surface area contributed by atoms with Crippen molar-refractivity contribution in [2.24, 2.45) is 0 Å². The number of ketones is 1. The van der Waals surface area contributed by atoms with Crippen molar-refractivity contribution in [3.8, 4) is 16.9 Å². The number of urea groups is 1. The number of hydrogen-bond acceptors (Lipinski definition) is 5. The molecule has 0 spiro atoms. The van der Waals surface area contributed by atoms with E-state index >= 15 is 0 Å². The SMILES string of the molecule is CC(=O)c1ccc(N2CCN(C(=O)N3CCOc4c(C)cc(-c5ccc6nc(C)[nH]c6c5)cc4C3)CC2)cc1. The van der Waals surface area contributed by atoms with E-state index in [-0.39, 0.29) is 11.8 Å². The number of piperazine rings is 1. The van der Waals surface area contributed by atoms with Crippen molar-refractivity contribution in [2.75, 3.05) is 44.2 Å². The van der Waals surface area contributed by atoms with Gasteiger partial charge in [-0.25, -0.2) is 9.78 Å². The van der Waals surface area contributed by atoms with E-state index < -0.39 is 0 Å². The lowest BCUT2D eigenvalue weighted by molar-refractivity contribution is 0.101. The molecule has 2 aliphatic heterocycles. The smallest absolute Gasteiger partial charge is 0.320 e. The molecule has 2 aliphatic rings. The summed E-state index contributed by atoms with van der Waals surface area (Å²) in [6, 6.07) is 18.3. The van der Waals surface area contributed by atoms with Crippen LogP contribution in [0.3, 0.4) is 0 Å². The number of benzene rings is 3. The molecule has 0 unspecified atom stereocenters. The van der Waals surface area contributed by atoms with Gasteiger partial charge in [0.1, 0.15) is 18.2 Å². The average Bonchev–Trinajstić information content (AvgIpc) is 3.18. The molecule has 4 aromatic rings. The summed E-state index contributed by atoms with van der Waals surface area (Å²) in [4.78, 5) is 39.1. The molecule has 8 nitrogen and oxygen atoms in total. The molecule has 200 valence electrons. The maximum atomic E-state index is 13.6. The lowest BCUT2D eigenvalue weighted by atomic mass is 9.98. The third kappa shape index (κ3) is 4.94. The second kappa shape index (κ2) is 10.1. The number of carbonyl (C=O) groups excluding carboxylic acids is 2. The number of Topliss-reactive ketones (excluding diaryl/α,β-unsaturated/α-hetero) is 1. The molecule has 6 rings (SSSR count). The van der Waals surface area contributed by atoms with E-state index in [1.54, 1.807) is 6.92 Å². The summed E-state index contributed by atoms with van der Waals surface area (Å²) in [7, 11) is 0. The van der Waals surface area contributed by atoms with E-state index in [9.17, 15) is 9.59 Å². The zero-order valence-electron chi connectivity index (χ0n) is 22.7. The monoisotopic (exact) mass is 523 g/mol. The molecule has 39 heavy (non-hydrogen) atoms. The third-order valence-electron chi connectivity index (χ3n) is 7.71. The summed E-state index contributed by atoms with van der Waals surface area (Å²) in [6.07, 6.45) is 0. The van der Waals surface area contributed by atoms with E-state index in [4.69, 9.17) is 4.74 Å². The molecule has 0 saturated carbocycles. The second-order valence-corrected chi connectivity index (χ2v) is 10.5. The van der Waals surface area contributed by atoms with Crippen molar-refractivity contribution < 1.29 is 14.3 Å². The van der Waals surface area contributed by atoms with Crippen LogP contribution in [0.2, 0.25) is 0 Å². The number of H-pyrrole nitrogens is 1. The van der Waals surface area contributed by atoms with Gasteiger partial charge < -0.3 is 24.4 Å². The summed E-state index contributed by atoms with van der Waals surface area (Å²) >= 11 is 0. The number of nitrogens with one attached hydrogen (secondary N) is 1. The number of ether oxygens (including phenoxy) is 1. The molecule has 3 aromatic carbocycles. The number of rotatable bonds is 3. The molecule has 8 heteroatoms. The first kappa shape index (κ1) is 25.0. The van der Waals surface area contributed by atoms with Crippen LogP contribution in [0.4, 0.5) is 10.5 Å². The minimum absolute atomic E-state index is 0.0513. The van der Waals surface area contributed by atoms with Gasteiger partial charge in [-0.05, 0) is 86.0 Å². The first-order valence-corrected chi connectivity index (χ1v) is 13.5. The number of carbonyl (C=O) groups is 2. The minimum atomic E-state index is 0.0513. The summed E-state index contributed by atoms with van der Waals surface area (Å²) < 4.78 is 6.15. The molecule has 1 fully saturated rings. The maximum absolute atomic E-state index is 13.6. The van der Waals surface area contributed by atoms with Crippen LogP contribution in [0, 0.1) is 13.8 Å². The highest BCUT2D eigenvalue weighted by atomic mass is 16.5. The van der Waals surface area contributed by atoms with Crippen molar-refractivity contribution >= 4 is 28.5 Å². The zero-order valence-corrected chi connectivity index (χ0v) is 22.7. The Kier molecular flexibility index (Phi) is 6.46. The van der Waals surface area contributed by atoms with Crippen LogP contribution in [0.5, 0.6) is 5.75 Å². The lowest BCUT2D eigenvalue weighted by Crippen LogP contribution is -2.53. The molecular weight excluding hydrogens is 490 g/mol. The number of nitrogens with zero attached hydrogens (tertiary/aromatic N) is 4. The predicted molar refractivity (Wildman–Crippen MR) is 153 cm³/mol. The van der Waals surface area contributed by atoms with E-state index in [1.807, 2.05) is 47.1 Å². The molecule has 3 heterocycles. The summed E-state index contributed by atoms with van der Waals surface area (Å²) in [5.41, 5.74) is 8.07. The number of hydrogen-bond donors (Lipinski definition) is 1. The molecule has 0 atom stereocenters. The van der Waals surface area contributed by atoms with Gasteiger partial charge in [0, 0.05) is 43.0 Å². The van der Waals surface area contributed by atoms with Crippen LogP contribution in [-0.4, -0.2) is 70.9 Å². The van der Waals surface area contributed by atoms with Gasteiger partial charge >= 0.3 is 6.03 Å². The summed E-state index contributed by atoms with van der Waals surface area (Å²) in [5.74, 6) is 1.84. The van der Waals surface area contributed by atoms with E-state index in [0.29, 0.717) is 38.3 Å². The third-order valence-corrected chi connectivity index (χ3v) is 7.71. The normalized spacial score (nSPS) is 15.6. The van der Waals surface area contributed by atoms with Crippen molar-refractivity contribution in [2.45, 2.75) is 27.3 Å². The van der Waals surface area contributed by atoms with Gasteiger partial charge in [0.2, 0.25) is 0 Å². The first-order chi connectivity index (χ1) is 18.9. The Balaban J connectivity index is 1.17. The Hall–Kier alpha value is -4.33. The number of anilines is 1.